The predicted octanol–water partition coefficient (Wildman–Crippen LogP) is 2.82. The van der Waals surface area contributed by atoms with Crippen LogP contribution in [0.1, 0.15) is 38.7 Å². The van der Waals surface area contributed by atoms with Gasteiger partial charge in [-0.1, -0.05) is 25.1 Å². The van der Waals surface area contributed by atoms with E-state index in [2.05, 4.69) is 26.1 Å². The molecule has 3 unspecified atom stereocenters. The standard InChI is InChI=1S/C17H26N2O2.ClH/c1-12(15-7-5-6-8-16(15)21-4)9-17(20)19-10-13(2)18-14(3)11-19;/h5-8,12-14,18H,9-11H2,1-4H3;1H. The summed E-state index contributed by atoms with van der Waals surface area (Å²) in [6.45, 7) is 7.92. The number of benzene rings is 1. The summed E-state index contributed by atoms with van der Waals surface area (Å²) in [6.07, 6.45) is 0.528. The van der Waals surface area contributed by atoms with Crippen LogP contribution in [0.15, 0.2) is 24.3 Å². The molecule has 1 N–H and O–H groups in total. The number of rotatable bonds is 4. The molecule has 0 radical (unpaired) electrons. The van der Waals surface area contributed by atoms with E-state index in [1.54, 1.807) is 7.11 Å². The van der Waals surface area contributed by atoms with Gasteiger partial charge in [-0.25, -0.2) is 0 Å². The van der Waals surface area contributed by atoms with Crippen LogP contribution in [0, 0.1) is 0 Å². The molecule has 5 heteroatoms. The normalized spacial score (nSPS) is 22.6. The molecule has 1 fully saturated rings. The highest BCUT2D eigenvalue weighted by molar-refractivity contribution is 5.85. The highest BCUT2D eigenvalue weighted by Crippen LogP contribution is 2.29. The van der Waals surface area contributed by atoms with Crippen molar-refractivity contribution in [2.45, 2.75) is 45.2 Å². The zero-order valence-corrected chi connectivity index (χ0v) is 14.7. The molecule has 0 aromatic heterocycles. The predicted molar refractivity (Wildman–Crippen MR) is 91.9 cm³/mol. The largest absolute Gasteiger partial charge is 0.496 e. The summed E-state index contributed by atoms with van der Waals surface area (Å²) in [7, 11) is 1.67. The molecule has 1 aromatic carbocycles. The number of carbonyl (C=O) groups excluding carboxylic acids is 1. The van der Waals surface area contributed by atoms with Crippen molar-refractivity contribution in [2.75, 3.05) is 20.2 Å². The van der Waals surface area contributed by atoms with E-state index in [0.29, 0.717) is 18.5 Å². The lowest BCUT2D eigenvalue weighted by Gasteiger charge is -2.36. The molecule has 0 spiro atoms. The van der Waals surface area contributed by atoms with E-state index in [1.807, 2.05) is 29.2 Å². The van der Waals surface area contributed by atoms with Gasteiger partial charge >= 0.3 is 0 Å². The average Bonchev–Trinajstić information content (AvgIpc) is 2.46. The monoisotopic (exact) mass is 326 g/mol. The third-order valence-corrected chi connectivity index (χ3v) is 4.06. The molecule has 0 aliphatic carbocycles. The summed E-state index contributed by atoms with van der Waals surface area (Å²) in [6, 6.07) is 8.66. The molecule has 4 nitrogen and oxygen atoms in total. The maximum Gasteiger partial charge on any atom is 0.223 e. The molecule has 1 aliphatic rings. The molecule has 22 heavy (non-hydrogen) atoms. The lowest BCUT2D eigenvalue weighted by molar-refractivity contribution is -0.133. The molecule has 0 bridgehead atoms. The number of nitrogens with one attached hydrogen (secondary N) is 1. The topological polar surface area (TPSA) is 41.6 Å². The van der Waals surface area contributed by atoms with Gasteiger partial charge in [-0.05, 0) is 31.4 Å². The van der Waals surface area contributed by atoms with Crippen LogP contribution in [0.2, 0.25) is 0 Å². The number of piperazine rings is 1. The third kappa shape index (κ3) is 4.62. The van der Waals surface area contributed by atoms with Crippen LogP contribution in [-0.4, -0.2) is 43.1 Å². The number of halogens is 1. The molecule has 3 atom stereocenters. The Morgan fingerprint density at radius 3 is 2.50 bits per heavy atom. The highest BCUT2D eigenvalue weighted by atomic mass is 35.5. The van der Waals surface area contributed by atoms with Crippen LogP contribution in [0.3, 0.4) is 0 Å². The fraction of sp³-hybridized carbons (Fsp3) is 0.588. The maximum atomic E-state index is 12.5. The number of hydrogen-bond donors (Lipinski definition) is 1. The number of carbonyl (C=O) groups is 1. The van der Waals surface area contributed by atoms with E-state index in [1.165, 1.54) is 0 Å². The van der Waals surface area contributed by atoms with E-state index in [-0.39, 0.29) is 24.2 Å². The molecule has 0 saturated carbocycles. The SMILES string of the molecule is COc1ccccc1C(C)CC(=O)N1CC(C)NC(C)C1.Cl. The Bertz CT molecular complexity index is 485. The van der Waals surface area contributed by atoms with Crippen LogP contribution in [0.25, 0.3) is 0 Å². The summed E-state index contributed by atoms with van der Waals surface area (Å²) in [5.41, 5.74) is 1.10. The minimum absolute atomic E-state index is 0. The average molecular weight is 327 g/mol. The summed E-state index contributed by atoms with van der Waals surface area (Å²) >= 11 is 0. The van der Waals surface area contributed by atoms with Crippen LogP contribution in [-0.2, 0) is 4.79 Å². The van der Waals surface area contributed by atoms with Crippen molar-refractivity contribution in [3.8, 4) is 5.75 Å². The van der Waals surface area contributed by atoms with Gasteiger partial charge in [0.25, 0.3) is 0 Å². The lowest BCUT2D eigenvalue weighted by atomic mass is 9.95. The van der Waals surface area contributed by atoms with Gasteiger partial charge in [0.15, 0.2) is 0 Å². The zero-order valence-electron chi connectivity index (χ0n) is 13.8. The summed E-state index contributed by atoms with van der Waals surface area (Å²) < 4.78 is 5.39. The van der Waals surface area contributed by atoms with Crippen molar-refractivity contribution in [1.82, 2.24) is 10.2 Å². The zero-order chi connectivity index (χ0) is 15.4. The Labute approximate surface area is 139 Å². The van der Waals surface area contributed by atoms with Crippen molar-refractivity contribution in [3.05, 3.63) is 29.8 Å². The first-order chi connectivity index (χ1) is 10.0. The van der Waals surface area contributed by atoms with Crippen molar-refractivity contribution in [3.63, 3.8) is 0 Å². The van der Waals surface area contributed by atoms with Gasteiger partial charge in [0.05, 0.1) is 7.11 Å². The smallest absolute Gasteiger partial charge is 0.223 e. The van der Waals surface area contributed by atoms with Gasteiger partial charge in [0.2, 0.25) is 5.91 Å². The third-order valence-electron chi connectivity index (χ3n) is 4.06. The van der Waals surface area contributed by atoms with Crippen molar-refractivity contribution in [2.24, 2.45) is 0 Å². The van der Waals surface area contributed by atoms with E-state index in [9.17, 15) is 4.79 Å². The molecular weight excluding hydrogens is 300 g/mol. The van der Waals surface area contributed by atoms with Gasteiger partial charge in [-0.3, -0.25) is 4.79 Å². The number of para-hydroxylation sites is 1. The number of hydrogen-bond acceptors (Lipinski definition) is 3. The molecule has 1 saturated heterocycles. The second-order valence-electron chi connectivity index (χ2n) is 6.11. The summed E-state index contributed by atoms with van der Waals surface area (Å²) in [5.74, 6) is 1.25. The van der Waals surface area contributed by atoms with Crippen LogP contribution >= 0.6 is 12.4 Å². The van der Waals surface area contributed by atoms with Gasteiger partial charge in [0, 0.05) is 31.6 Å². The Morgan fingerprint density at radius 1 is 1.32 bits per heavy atom. The summed E-state index contributed by atoms with van der Waals surface area (Å²) in [5, 5.41) is 3.45. The molecular formula is C17H27ClN2O2. The molecule has 1 aromatic rings. The lowest BCUT2D eigenvalue weighted by Crippen LogP contribution is -2.55. The van der Waals surface area contributed by atoms with Gasteiger partial charge in [-0.15, -0.1) is 12.4 Å². The molecule has 2 rings (SSSR count). The minimum atomic E-state index is 0. The first-order valence-electron chi connectivity index (χ1n) is 7.68. The van der Waals surface area contributed by atoms with E-state index in [0.717, 1.165) is 24.4 Å². The first kappa shape index (κ1) is 18.8. The van der Waals surface area contributed by atoms with E-state index < -0.39 is 0 Å². The van der Waals surface area contributed by atoms with Gasteiger partial charge in [-0.2, -0.15) is 0 Å². The number of methoxy groups -OCH3 is 1. The Hall–Kier alpha value is -1.26. The fourth-order valence-electron chi connectivity index (χ4n) is 3.10. The minimum Gasteiger partial charge on any atom is -0.496 e. The summed E-state index contributed by atoms with van der Waals surface area (Å²) in [4.78, 5) is 14.5. The van der Waals surface area contributed by atoms with Crippen molar-refractivity contribution >= 4 is 18.3 Å². The first-order valence-corrected chi connectivity index (χ1v) is 7.68. The van der Waals surface area contributed by atoms with E-state index in [4.69, 9.17) is 4.74 Å². The Morgan fingerprint density at radius 2 is 1.91 bits per heavy atom. The quantitative estimate of drug-likeness (QED) is 0.925. The van der Waals surface area contributed by atoms with Crippen LogP contribution in [0.4, 0.5) is 0 Å². The fourth-order valence-corrected chi connectivity index (χ4v) is 3.10. The highest BCUT2D eigenvalue weighted by Gasteiger charge is 2.26. The second kappa shape index (κ2) is 8.39. The Balaban J connectivity index is 0.00000242. The molecule has 124 valence electrons. The number of ether oxygens (including phenoxy) is 1. The van der Waals surface area contributed by atoms with E-state index >= 15 is 0 Å². The number of amides is 1. The van der Waals surface area contributed by atoms with Crippen LogP contribution in [0.5, 0.6) is 5.75 Å². The van der Waals surface area contributed by atoms with Gasteiger partial charge in [0.1, 0.15) is 5.75 Å². The van der Waals surface area contributed by atoms with Gasteiger partial charge < -0.3 is 15.0 Å². The molecule has 1 amide bonds. The van der Waals surface area contributed by atoms with Crippen molar-refractivity contribution in [1.29, 1.82) is 0 Å². The van der Waals surface area contributed by atoms with Crippen molar-refractivity contribution < 1.29 is 9.53 Å². The molecule has 1 aliphatic heterocycles. The maximum absolute atomic E-state index is 12.5. The van der Waals surface area contributed by atoms with Crippen LogP contribution < -0.4 is 10.1 Å². The molecule has 1 heterocycles. The second-order valence-corrected chi connectivity index (χ2v) is 6.11. The number of nitrogens with zero attached hydrogens (tertiary/aromatic N) is 1. The Kier molecular flexibility index (Phi) is 7.17.